The SMILES string of the molecule is CCS(=O)(=O)c1ccc(-c2ccon2)s1. The molecule has 0 aliphatic rings. The van der Waals surface area contributed by atoms with E-state index in [0.29, 0.717) is 9.90 Å². The van der Waals surface area contributed by atoms with Crippen LogP contribution in [0.4, 0.5) is 0 Å². The predicted octanol–water partition coefficient (Wildman–Crippen LogP) is 2.20. The topological polar surface area (TPSA) is 60.2 Å². The van der Waals surface area contributed by atoms with Crippen molar-refractivity contribution in [1.29, 1.82) is 0 Å². The monoisotopic (exact) mass is 243 g/mol. The zero-order valence-corrected chi connectivity index (χ0v) is 9.64. The highest BCUT2D eigenvalue weighted by atomic mass is 32.2. The van der Waals surface area contributed by atoms with Gasteiger partial charge in [0.1, 0.15) is 16.2 Å². The Morgan fingerprint density at radius 1 is 1.40 bits per heavy atom. The molecule has 0 atom stereocenters. The van der Waals surface area contributed by atoms with Crippen molar-refractivity contribution < 1.29 is 12.9 Å². The number of rotatable bonds is 3. The van der Waals surface area contributed by atoms with Gasteiger partial charge in [-0.2, -0.15) is 0 Å². The van der Waals surface area contributed by atoms with Gasteiger partial charge in [0.15, 0.2) is 9.84 Å². The van der Waals surface area contributed by atoms with E-state index in [0.717, 1.165) is 4.88 Å². The van der Waals surface area contributed by atoms with Gasteiger partial charge in [-0.15, -0.1) is 11.3 Å². The summed E-state index contributed by atoms with van der Waals surface area (Å²) in [6.07, 6.45) is 1.46. The Bertz CT molecular complexity index is 540. The van der Waals surface area contributed by atoms with Crippen LogP contribution in [-0.4, -0.2) is 19.3 Å². The minimum Gasteiger partial charge on any atom is -0.364 e. The molecule has 6 heteroatoms. The molecule has 2 aromatic rings. The van der Waals surface area contributed by atoms with Crippen LogP contribution in [0.1, 0.15) is 6.92 Å². The second-order valence-corrected chi connectivity index (χ2v) is 6.50. The summed E-state index contributed by atoms with van der Waals surface area (Å²) in [6, 6.07) is 5.05. The normalized spacial score (nSPS) is 11.8. The molecule has 2 heterocycles. The third-order valence-electron chi connectivity index (χ3n) is 1.96. The fourth-order valence-corrected chi connectivity index (χ4v) is 3.50. The van der Waals surface area contributed by atoms with Gasteiger partial charge in [-0.25, -0.2) is 8.42 Å². The minimum atomic E-state index is -3.11. The Balaban J connectivity index is 2.41. The highest BCUT2D eigenvalue weighted by Gasteiger charge is 2.15. The lowest BCUT2D eigenvalue weighted by molar-refractivity contribution is 0.422. The van der Waals surface area contributed by atoms with Crippen LogP contribution in [0.5, 0.6) is 0 Å². The van der Waals surface area contributed by atoms with E-state index < -0.39 is 9.84 Å². The van der Waals surface area contributed by atoms with Gasteiger partial charge in [-0.3, -0.25) is 0 Å². The molecular weight excluding hydrogens is 234 g/mol. The molecule has 2 aromatic heterocycles. The smallest absolute Gasteiger partial charge is 0.187 e. The average Bonchev–Trinajstić information content (AvgIpc) is 2.88. The van der Waals surface area contributed by atoms with Crippen LogP contribution in [0, 0.1) is 0 Å². The highest BCUT2D eigenvalue weighted by Crippen LogP contribution is 2.29. The molecule has 0 fully saturated rings. The average molecular weight is 243 g/mol. The van der Waals surface area contributed by atoms with Crippen molar-refractivity contribution in [2.24, 2.45) is 0 Å². The van der Waals surface area contributed by atoms with Crippen LogP contribution in [-0.2, 0) is 9.84 Å². The molecule has 2 rings (SSSR count). The summed E-state index contributed by atoms with van der Waals surface area (Å²) in [7, 11) is -3.11. The first kappa shape index (κ1) is 10.4. The molecule has 0 amide bonds. The van der Waals surface area contributed by atoms with Gasteiger partial charge in [0.05, 0.1) is 10.6 Å². The fourth-order valence-electron chi connectivity index (χ4n) is 1.11. The second-order valence-electron chi connectivity index (χ2n) is 2.91. The first-order valence-electron chi connectivity index (χ1n) is 4.37. The summed E-state index contributed by atoms with van der Waals surface area (Å²) < 4.78 is 28.2. The Labute approximate surface area is 91.4 Å². The molecular formula is C9H9NO3S2. The van der Waals surface area contributed by atoms with Crippen molar-refractivity contribution in [3.63, 3.8) is 0 Å². The van der Waals surface area contributed by atoms with Crippen molar-refractivity contribution in [2.75, 3.05) is 5.75 Å². The van der Waals surface area contributed by atoms with E-state index in [2.05, 4.69) is 5.16 Å². The molecule has 0 saturated heterocycles. The lowest BCUT2D eigenvalue weighted by atomic mass is 10.3. The van der Waals surface area contributed by atoms with Crippen molar-refractivity contribution in [3.8, 4) is 10.6 Å². The molecule has 0 spiro atoms. The molecule has 15 heavy (non-hydrogen) atoms. The number of nitrogens with zero attached hydrogens (tertiary/aromatic N) is 1. The maximum absolute atomic E-state index is 11.6. The summed E-state index contributed by atoms with van der Waals surface area (Å²) >= 11 is 1.21. The van der Waals surface area contributed by atoms with Crippen molar-refractivity contribution in [3.05, 3.63) is 24.5 Å². The number of sulfone groups is 1. The van der Waals surface area contributed by atoms with Crippen LogP contribution in [0.15, 0.2) is 33.2 Å². The molecule has 0 aliphatic carbocycles. The summed E-state index contributed by atoms with van der Waals surface area (Å²) in [4.78, 5) is 0.802. The van der Waals surface area contributed by atoms with Gasteiger partial charge in [0, 0.05) is 6.07 Å². The Morgan fingerprint density at radius 2 is 2.20 bits per heavy atom. The first-order chi connectivity index (χ1) is 7.13. The predicted molar refractivity (Wildman–Crippen MR) is 57.5 cm³/mol. The maximum Gasteiger partial charge on any atom is 0.187 e. The zero-order chi connectivity index (χ0) is 10.9. The van der Waals surface area contributed by atoms with E-state index in [4.69, 9.17) is 4.52 Å². The number of thiophene rings is 1. The van der Waals surface area contributed by atoms with Gasteiger partial charge in [0.2, 0.25) is 0 Å². The van der Waals surface area contributed by atoms with Gasteiger partial charge >= 0.3 is 0 Å². The zero-order valence-electron chi connectivity index (χ0n) is 8.00. The van der Waals surface area contributed by atoms with Gasteiger partial charge in [0.25, 0.3) is 0 Å². The Hall–Kier alpha value is -1.14. The summed E-state index contributed by atoms with van der Waals surface area (Å²) in [5, 5.41) is 3.75. The lowest BCUT2D eigenvalue weighted by Crippen LogP contribution is -2.00. The maximum atomic E-state index is 11.6. The van der Waals surface area contributed by atoms with Crippen LogP contribution in [0.3, 0.4) is 0 Å². The number of hydrogen-bond donors (Lipinski definition) is 0. The fraction of sp³-hybridized carbons (Fsp3) is 0.222. The molecule has 80 valence electrons. The third-order valence-corrected chi connectivity index (χ3v) is 5.38. The summed E-state index contributed by atoms with van der Waals surface area (Å²) in [5.74, 6) is 0.117. The van der Waals surface area contributed by atoms with Crippen molar-refractivity contribution >= 4 is 21.2 Å². The van der Waals surface area contributed by atoms with Crippen molar-refractivity contribution in [1.82, 2.24) is 5.16 Å². The number of hydrogen-bond acceptors (Lipinski definition) is 5. The quantitative estimate of drug-likeness (QED) is 0.829. The molecule has 0 unspecified atom stereocenters. The molecule has 0 N–H and O–H groups in total. The van der Waals surface area contributed by atoms with Gasteiger partial charge in [-0.1, -0.05) is 12.1 Å². The van der Waals surface area contributed by atoms with Crippen LogP contribution < -0.4 is 0 Å². The van der Waals surface area contributed by atoms with Gasteiger partial charge in [-0.05, 0) is 12.1 Å². The standard InChI is InChI=1S/C9H9NO3S2/c1-2-15(11,12)9-4-3-8(14-9)7-5-6-13-10-7/h3-6H,2H2,1H3. The van der Waals surface area contributed by atoms with E-state index in [9.17, 15) is 8.42 Å². The first-order valence-corrected chi connectivity index (χ1v) is 6.83. The molecule has 0 radical (unpaired) electrons. The van der Waals surface area contributed by atoms with E-state index in [1.54, 1.807) is 25.1 Å². The van der Waals surface area contributed by atoms with E-state index >= 15 is 0 Å². The molecule has 4 nitrogen and oxygen atoms in total. The van der Waals surface area contributed by atoms with E-state index in [1.807, 2.05) is 0 Å². The van der Waals surface area contributed by atoms with Crippen LogP contribution >= 0.6 is 11.3 Å². The molecule has 0 aliphatic heterocycles. The van der Waals surface area contributed by atoms with Crippen molar-refractivity contribution in [2.45, 2.75) is 11.1 Å². The highest BCUT2D eigenvalue weighted by molar-refractivity contribution is 7.93. The van der Waals surface area contributed by atoms with E-state index in [-0.39, 0.29) is 5.75 Å². The summed E-state index contributed by atoms with van der Waals surface area (Å²) in [6.45, 7) is 1.63. The Kier molecular flexibility index (Phi) is 2.62. The molecule has 0 aromatic carbocycles. The summed E-state index contributed by atoms with van der Waals surface area (Å²) in [5.41, 5.74) is 0.664. The molecule has 0 saturated carbocycles. The molecule has 0 bridgehead atoms. The third kappa shape index (κ3) is 1.95. The number of aromatic nitrogens is 1. The largest absolute Gasteiger partial charge is 0.364 e. The van der Waals surface area contributed by atoms with E-state index in [1.165, 1.54) is 17.6 Å². The minimum absolute atomic E-state index is 0.117. The Morgan fingerprint density at radius 3 is 2.80 bits per heavy atom. The lowest BCUT2D eigenvalue weighted by Gasteiger charge is -1.93. The second kappa shape index (κ2) is 3.79. The van der Waals surface area contributed by atoms with Gasteiger partial charge < -0.3 is 4.52 Å². The van der Waals surface area contributed by atoms with Crippen LogP contribution in [0.25, 0.3) is 10.6 Å². The van der Waals surface area contributed by atoms with Crippen LogP contribution in [0.2, 0.25) is 0 Å².